The molecule has 164 valence electrons. The van der Waals surface area contributed by atoms with Crippen molar-refractivity contribution in [2.24, 2.45) is 7.05 Å². The number of methoxy groups -OCH3 is 1. The summed E-state index contributed by atoms with van der Waals surface area (Å²) >= 11 is 0. The Bertz CT molecular complexity index is 822. The summed E-state index contributed by atoms with van der Waals surface area (Å²) in [5.41, 5.74) is 1.27. The van der Waals surface area contributed by atoms with Gasteiger partial charge < -0.3 is 19.1 Å². The van der Waals surface area contributed by atoms with Crippen molar-refractivity contribution in [2.45, 2.75) is 32.7 Å². The van der Waals surface area contributed by atoms with Gasteiger partial charge in [-0.3, -0.25) is 9.59 Å². The van der Waals surface area contributed by atoms with Gasteiger partial charge in [-0.25, -0.2) is 4.39 Å². The van der Waals surface area contributed by atoms with E-state index < -0.39 is 5.82 Å². The van der Waals surface area contributed by atoms with Crippen molar-refractivity contribution in [2.75, 3.05) is 33.4 Å². The third kappa shape index (κ3) is 6.99. The second-order valence-corrected chi connectivity index (χ2v) is 7.36. The molecule has 30 heavy (non-hydrogen) atoms. The number of ether oxygens (including phenoxy) is 1. The molecule has 2 aromatic rings. The van der Waals surface area contributed by atoms with Gasteiger partial charge in [-0.2, -0.15) is 0 Å². The molecule has 6 nitrogen and oxygen atoms in total. The van der Waals surface area contributed by atoms with Gasteiger partial charge in [0, 0.05) is 51.3 Å². The Balaban J connectivity index is 2.16. The van der Waals surface area contributed by atoms with E-state index in [1.54, 1.807) is 18.1 Å². The highest BCUT2D eigenvalue weighted by atomic mass is 19.1. The predicted octanol–water partition coefficient (Wildman–Crippen LogP) is 3.47. The highest BCUT2D eigenvalue weighted by Crippen LogP contribution is 2.11. The predicted molar refractivity (Wildman–Crippen MR) is 115 cm³/mol. The quantitative estimate of drug-likeness (QED) is 0.497. The second kappa shape index (κ2) is 12.1. The number of aryl methyl sites for hydroxylation is 1. The Hall–Kier alpha value is -2.67. The molecule has 1 heterocycles. The molecule has 1 aromatic heterocycles. The molecule has 7 heteroatoms. The van der Waals surface area contributed by atoms with Gasteiger partial charge in [0.25, 0.3) is 5.91 Å². The number of hydrogen-bond donors (Lipinski definition) is 0. The topological polar surface area (TPSA) is 54.8 Å². The second-order valence-electron chi connectivity index (χ2n) is 7.36. The van der Waals surface area contributed by atoms with Crippen molar-refractivity contribution >= 4 is 11.8 Å². The zero-order valence-electron chi connectivity index (χ0n) is 18.1. The highest BCUT2D eigenvalue weighted by molar-refractivity contribution is 5.96. The molecule has 0 atom stereocenters. The van der Waals surface area contributed by atoms with Crippen LogP contribution in [0, 0.1) is 5.82 Å². The number of carbonyl (C=O) groups is 2. The molecule has 2 amide bonds. The van der Waals surface area contributed by atoms with E-state index in [9.17, 15) is 14.0 Å². The lowest BCUT2D eigenvalue weighted by Crippen LogP contribution is -2.43. The van der Waals surface area contributed by atoms with E-state index in [0.29, 0.717) is 32.7 Å². The summed E-state index contributed by atoms with van der Waals surface area (Å²) in [5.74, 6) is -0.947. The van der Waals surface area contributed by atoms with Crippen LogP contribution in [0.2, 0.25) is 0 Å². The SMILES string of the molecule is CCCCN(Cc1cccn1C)C(=O)CN(CCCOC)C(=O)c1cccc(F)c1. The van der Waals surface area contributed by atoms with Crippen LogP contribution in [0.25, 0.3) is 0 Å². The molecular weight excluding hydrogens is 385 g/mol. The van der Waals surface area contributed by atoms with Gasteiger partial charge in [-0.05, 0) is 43.2 Å². The van der Waals surface area contributed by atoms with Gasteiger partial charge in [0.2, 0.25) is 5.91 Å². The monoisotopic (exact) mass is 417 g/mol. The van der Waals surface area contributed by atoms with E-state index >= 15 is 0 Å². The lowest BCUT2D eigenvalue weighted by molar-refractivity contribution is -0.132. The highest BCUT2D eigenvalue weighted by Gasteiger charge is 2.23. The van der Waals surface area contributed by atoms with Crippen LogP contribution in [-0.2, 0) is 23.1 Å². The van der Waals surface area contributed by atoms with Crippen molar-refractivity contribution in [3.8, 4) is 0 Å². The van der Waals surface area contributed by atoms with Crippen molar-refractivity contribution < 1.29 is 18.7 Å². The number of rotatable bonds is 12. The van der Waals surface area contributed by atoms with Gasteiger partial charge in [-0.15, -0.1) is 0 Å². The van der Waals surface area contributed by atoms with Gasteiger partial charge in [0.1, 0.15) is 12.4 Å². The summed E-state index contributed by atoms with van der Waals surface area (Å²) in [7, 11) is 3.54. The summed E-state index contributed by atoms with van der Waals surface area (Å²) in [6.45, 7) is 3.98. The summed E-state index contributed by atoms with van der Waals surface area (Å²) in [5, 5.41) is 0. The van der Waals surface area contributed by atoms with Crippen LogP contribution in [0.1, 0.15) is 42.2 Å². The van der Waals surface area contributed by atoms with Gasteiger partial charge in [0.15, 0.2) is 0 Å². The molecule has 2 rings (SSSR count). The Morgan fingerprint density at radius 2 is 1.87 bits per heavy atom. The minimum absolute atomic E-state index is 0.0484. The smallest absolute Gasteiger partial charge is 0.254 e. The lowest BCUT2D eigenvalue weighted by atomic mass is 10.2. The first-order chi connectivity index (χ1) is 14.5. The van der Waals surface area contributed by atoms with E-state index in [4.69, 9.17) is 4.74 Å². The molecule has 0 saturated carbocycles. The summed E-state index contributed by atoms with van der Waals surface area (Å²) in [6, 6.07) is 9.50. The van der Waals surface area contributed by atoms with E-state index in [0.717, 1.165) is 18.5 Å². The van der Waals surface area contributed by atoms with E-state index in [-0.39, 0.29) is 23.9 Å². The van der Waals surface area contributed by atoms with Crippen LogP contribution < -0.4 is 0 Å². The molecule has 0 radical (unpaired) electrons. The number of amides is 2. The van der Waals surface area contributed by atoms with Crippen molar-refractivity contribution in [1.82, 2.24) is 14.4 Å². The number of benzene rings is 1. The summed E-state index contributed by atoms with van der Waals surface area (Å²) in [4.78, 5) is 29.4. The van der Waals surface area contributed by atoms with Gasteiger partial charge in [-0.1, -0.05) is 19.4 Å². The van der Waals surface area contributed by atoms with Crippen LogP contribution in [0.15, 0.2) is 42.6 Å². The molecule has 0 fully saturated rings. The summed E-state index contributed by atoms with van der Waals surface area (Å²) < 4.78 is 20.7. The number of hydrogen-bond acceptors (Lipinski definition) is 3. The minimum Gasteiger partial charge on any atom is -0.385 e. The molecule has 0 aliphatic carbocycles. The van der Waals surface area contributed by atoms with E-state index in [2.05, 4.69) is 6.92 Å². The third-order valence-electron chi connectivity index (χ3n) is 5.00. The van der Waals surface area contributed by atoms with Crippen molar-refractivity contribution in [3.63, 3.8) is 0 Å². The Labute approximate surface area is 178 Å². The summed E-state index contributed by atoms with van der Waals surface area (Å²) in [6.07, 6.45) is 4.40. The largest absolute Gasteiger partial charge is 0.385 e. The maximum absolute atomic E-state index is 13.6. The zero-order valence-corrected chi connectivity index (χ0v) is 18.1. The van der Waals surface area contributed by atoms with Gasteiger partial charge in [0.05, 0.1) is 6.54 Å². The fourth-order valence-corrected chi connectivity index (χ4v) is 3.22. The first-order valence-electron chi connectivity index (χ1n) is 10.4. The fourth-order valence-electron chi connectivity index (χ4n) is 3.22. The Morgan fingerprint density at radius 3 is 2.50 bits per heavy atom. The lowest BCUT2D eigenvalue weighted by Gasteiger charge is -2.28. The Morgan fingerprint density at radius 1 is 1.10 bits per heavy atom. The third-order valence-corrected chi connectivity index (χ3v) is 5.00. The fraction of sp³-hybridized carbons (Fsp3) is 0.478. The molecule has 0 unspecified atom stereocenters. The average molecular weight is 418 g/mol. The maximum atomic E-state index is 13.6. The number of carbonyl (C=O) groups excluding carboxylic acids is 2. The first-order valence-corrected chi connectivity index (χ1v) is 10.4. The van der Waals surface area contributed by atoms with E-state index in [1.165, 1.54) is 23.1 Å². The van der Waals surface area contributed by atoms with E-state index in [1.807, 2.05) is 29.9 Å². The zero-order chi connectivity index (χ0) is 21.9. The maximum Gasteiger partial charge on any atom is 0.254 e. The number of nitrogens with zero attached hydrogens (tertiary/aromatic N) is 3. The van der Waals surface area contributed by atoms with Gasteiger partial charge >= 0.3 is 0 Å². The van der Waals surface area contributed by atoms with Crippen molar-refractivity contribution in [3.05, 3.63) is 59.7 Å². The number of aromatic nitrogens is 1. The molecule has 0 N–H and O–H groups in total. The molecule has 0 aliphatic heterocycles. The van der Waals surface area contributed by atoms with Crippen LogP contribution in [0.3, 0.4) is 0 Å². The van der Waals surface area contributed by atoms with Crippen LogP contribution in [-0.4, -0.2) is 59.5 Å². The Kier molecular flexibility index (Phi) is 9.54. The van der Waals surface area contributed by atoms with Crippen LogP contribution in [0.4, 0.5) is 4.39 Å². The average Bonchev–Trinajstić information content (AvgIpc) is 3.14. The number of halogens is 1. The van der Waals surface area contributed by atoms with Crippen LogP contribution in [0.5, 0.6) is 0 Å². The molecule has 0 aliphatic rings. The molecule has 1 aromatic carbocycles. The molecule has 0 bridgehead atoms. The van der Waals surface area contributed by atoms with Crippen molar-refractivity contribution in [1.29, 1.82) is 0 Å². The molecule has 0 saturated heterocycles. The number of unbranched alkanes of at least 4 members (excludes halogenated alkanes) is 1. The standard InChI is InChI=1S/C23H32FN3O3/c1-4-5-13-26(17-21-11-7-12-25(21)2)22(28)18-27(14-8-15-30-3)23(29)19-9-6-10-20(24)16-19/h6-7,9-12,16H,4-5,8,13-15,17-18H2,1-3H3. The molecule has 0 spiro atoms. The normalized spacial score (nSPS) is 10.8. The molecular formula is C23H32FN3O3. The minimum atomic E-state index is -0.475. The van der Waals surface area contributed by atoms with Crippen LogP contribution >= 0.6 is 0 Å². The first kappa shape index (κ1) is 23.6.